The molecule has 0 spiro atoms. The van der Waals surface area contributed by atoms with Crippen LogP contribution in [0.2, 0.25) is 0 Å². The summed E-state index contributed by atoms with van der Waals surface area (Å²) in [6, 6.07) is 13.8. The van der Waals surface area contributed by atoms with E-state index in [1.54, 1.807) is 14.2 Å². The second-order valence-corrected chi connectivity index (χ2v) is 5.83. The number of methoxy groups -OCH3 is 2. The van der Waals surface area contributed by atoms with Crippen LogP contribution in [0, 0.1) is 0 Å². The van der Waals surface area contributed by atoms with Crippen molar-refractivity contribution in [1.29, 1.82) is 0 Å². The van der Waals surface area contributed by atoms with E-state index in [0.717, 1.165) is 17.5 Å². The van der Waals surface area contributed by atoms with Crippen molar-refractivity contribution in [2.75, 3.05) is 27.3 Å². The molecule has 0 saturated carbocycles. The Hall–Kier alpha value is -2.24. The number of benzene rings is 2. The van der Waals surface area contributed by atoms with Gasteiger partial charge in [-0.05, 0) is 35.2 Å². The number of aliphatic carboxylic acids is 1. The van der Waals surface area contributed by atoms with Gasteiger partial charge in [0.15, 0.2) is 11.5 Å². The smallest absolute Gasteiger partial charge is 0.317 e. The highest BCUT2D eigenvalue weighted by molar-refractivity contribution is 5.85. The van der Waals surface area contributed by atoms with E-state index in [9.17, 15) is 9.90 Å². The van der Waals surface area contributed by atoms with Crippen molar-refractivity contribution in [3.63, 3.8) is 0 Å². The molecule has 0 fully saturated rings. The lowest BCUT2D eigenvalue weighted by Crippen LogP contribution is -2.39. The van der Waals surface area contributed by atoms with Crippen LogP contribution in [0.4, 0.5) is 0 Å². The van der Waals surface area contributed by atoms with Gasteiger partial charge in [0, 0.05) is 6.54 Å². The number of hydrogen-bond donors (Lipinski definition) is 1. The van der Waals surface area contributed by atoms with E-state index >= 15 is 0 Å². The van der Waals surface area contributed by atoms with Crippen LogP contribution in [-0.4, -0.2) is 43.3 Å². The summed E-state index contributed by atoms with van der Waals surface area (Å²) in [7, 11) is 3.23. The van der Waals surface area contributed by atoms with Crippen molar-refractivity contribution in [1.82, 2.24) is 4.90 Å². The van der Waals surface area contributed by atoms with E-state index in [2.05, 4.69) is 0 Å². The Bertz CT molecular complexity index is 736. The molecule has 1 unspecified atom stereocenters. The molecule has 6 heteroatoms. The van der Waals surface area contributed by atoms with Crippen molar-refractivity contribution in [3.05, 3.63) is 59.2 Å². The maximum atomic E-state index is 11.3. The SMILES string of the molecule is COc1cc2c(cc1OC)C(c1ccccc1)N(CC(=O)O)CC2.Cl. The second kappa shape index (κ2) is 8.23. The zero-order valence-corrected chi connectivity index (χ0v) is 15.1. The third-order valence-corrected chi connectivity index (χ3v) is 4.43. The summed E-state index contributed by atoms with van der Waals surface area (Å²) in [4.78, 5) is 13.3. The lowest BCUT2D eigenvalue weighted by Gasteiger charge is -2.37. The van der Waals surface area contributed by atoms with Gasteiger partial charge in [0.2, 0.25) is 0 Å². The van der Waals surface area contributed by atoms with Crippen molar-refractivity contribution < 1.29 is 19.4 Å². The number of fused-ring (bicyclic) bond motifs is 1. The summed E-state index contributed by atoms with van der Waals surface area (Å²) < 4.78 is 10.8. The first kappa shape index (κ1) is 19.1. The molecule has 0 bridgehead atoms. The second-order valence-electron chi connectivity index (χ2n) is 5.83. The Morgan fingerprint density at radius 2 is 1.80 bits per heavy atom. The standard InChI is InChI=1S/C19H21NO4.ClH/c1-23-16-10-14-8-9-20(12-18(21)22)19(13-6-4-3-5-7-13)15(14)11-17(16)24-2;/h3-7,10-11,19H,8-9,12H2,1-2H3,(H,21,22);1H. The molecule has 1 aliphatic heterocycles. The van der Waals surface area contributed by atoms with Crippen molar-refractivity contribution >= 4 is 18.4 Å². The molecule has 2 aromatic rings. The molecule has 25 heavy (non-hydrogen) atoms. The fraction of sp³-hybridized carbons (Fsp3) is 0.316. The van der Waals surface area contributed by atoms with Gasteiger partial charge in [0.05, 0.1) is 26.8 Å². The summed E-state index contributed by atoms with van der Waals surface area (Å²) >= 11 is 0. The van der Waals surface area contributed by atoms with Crippen LogP contribution in [-0.2, 0) is 11.2 Å². The first-order valence-corrected chi connectivity index (χ1v) is 7.89. The molecule has 3 rings (SSSR count). The molecule has 2 aromatic carbocycles. The number of nitrogens with zero attached hydrogens (tertiary/aromatic N) is 1. The fourth-order valence-electron chi connectivity index (χ4n) is 3.37. The summed E-state index contributed by atoms with van der Waals surface area (Å²) in [6.07, 6.45) is 0.784. The van der Waals surface area contributed by atoms with Gasteiger partial charge < -0.3 is 14.6 Å². The number of halogens is 1. The van der Waals surface area contributed by atoms with Crippen LogP contribution < -0.4 is 9.47 Å². The minimum atomic E-state index is -0.820. The molecule has 0 aliphatic carbocycles. The lowest BCUT2D eigenvalue weighted by molar-refractivity contribution is -0.138. The van der Waals surface area contributed by atoms with E-state index in [0.29, 0.717) is 18.0 Å². The van der Waals surface area contributed by atoms with Gasteiger partial charge in [0.1, 0.15) is 0 Å². The Labute approximate surface area is 153 Å². The molecule has 0 saturated heterocycles. The topological polar surface area (TPSA) is 59.0 Å². The van der Waals surface area contributed by atoms with E-state index in [4.69, 9.17) is 9.47 Å². The number of carboxylic acid groups (broad SMARTS) is 1. The van der Waals surface area contributed by atoms with E-state index in [-0.39, 0.29) is 25.0 Å². The van der Waals surface area contributed by atoms with Crippen LogP contribution in [0.5, 0.6) is 11.5 Å². The molecule has 1 heterocycles. The molecular weight excluding hydrogens is 342 g/mol. The fourth-order valence-corrected chi connectivity index (χ4v) is 3.37. The number of rotatable bonds is 5. The maximum Gasteiger partial charge on any atom is 0.317 e. The van der Waals surface area contributed by atoms with Crippen molar-refractivity contribution in [2.24, 2.45) is 0 Å². The predicted octanol–water partition coefficient (Wildman–Crippen LogP) is 3.16. The molecule has 1 atom stereocenters. The quantitative estimate of drug-likeness (QED) is 0.884. The number of hydrogen-bond acceptors (Lipinski definition) is 4. The third kappa shape index (κ3) is 3.89. The monoisotopic (exact) mass is 363 g/mol. The van der Waals surface area contributed by atoms with Crippen LogP contribution >= 0.6 is 12.4 Å². The Morgan fingerprint density at radius 3 is 2.40 bits per heavy atom. The van der Waals surface area contributed by atoms with Crippen LogP contribution in [0.15, 0.2) is 42.5 Å². The zero-order valence-electron chi connectivity index (χ0n) is 14.3. The molecule has 0 aromatic heterocycles. The summed E-state index contributed by atoms with van der Waals surface area (Å²) in [5.41, 5.74) is 3.32. The van der Waals surface area contributed by atoms with Crippen LogP contribution in [0.25, 0.3) is 0 Å². The van der Waals surface area contributed by atoms with Gasteiger partial charge in [0.25, 0.3) is 0 Å². The van der Waals surface area contributed by atoms with Crippen molar-refractivity contribution in [2.45, 2.75) is 12.5 Å². The Kier molecular flexibility index (Phi) is 6.28. The predicted molar refractivity (Wildman–Crippen MR) is 98.0 cm³/mol. The highest BCUT2D eigenvalue weighted by atomic mass is 35.5. The highest BCUT2D eigenvalue weighted by Gasteiger charge is 2.31. The zero-order chi connectivity index (χ0) is 17.1. The van der Waals surface area contributed by atoms with Gasteiger partial charge in [-0.3, -0.25) is 9.69 Å². The normalized spacial score (nSPS) is 16.5. The molecule has 1 N–H and O–H groups in total. The summed E-state index contributed by atoms with van der Waals surface area (Å²) in [5, 5.41) is 9.27. The molecule has 0 radical (unpaired) electrons. The largest absolute Gasteiger partial charge is 0.493 e. The van der Waals surface area contributed by atoms with Gasteiger partial charge in [-0.15, -0.1) is 12.4 Å². The number of ether oxygens (including phenoxy) is 2. The summed E-state index contributed by atoms with van der Waals surface area (Å²) in [5.74, 6) is 0.545. The van der Waals surface area contributed by atoms with Gasteiger partial charge >= 0.3 is 5.97 Å². The van der Waals surface area contributed by atoms with Gasteiger partial charge in [-0.2, -0.15) is 0 Å². The number of carboxylic acids is 1. The highest BCUT2D eigenvalue weighted by Crippen LogP contribution is 2.40. The molecule has 5 nitrogen and oxygen atoms in total. The summed E-state index contributed by atoms with van der Waals surface area (Å²) in [6.45, 7) is 0.696. The number of carbonyl (C=O) groups is 1. The van der Waals surface area contributed by atoms with Crippen LogP contribution in [0.3, 0.4) is 0 Å². The Balaban J connectivity index is 0.00000225. The van der Waals surface area contributed by atoms with Gasteiger partial charge in [-0.25, -0.2) is 0 Å². The van der Waals surface area contributed by atoms with Crippen molar-refractivity contribution in [3.8, 4) is 11.5 Å². The molecule has 0 amide bonds. The minimum Gasteiger partial charge on any atom is -0.493 e. The van der Waals surface area contributed by atoms with E-state index in [1.165, 1.54) is 5.56 Å². The average Bonchev–Trinajstić information content (AvgIpc) is 2.60. The third-order valence-electron chi connectivity index (χ3n) is 4.43. The van der Waals surface area contributed by atoms with E-state index < -0.39 is 5.97 Å². The molecule has 134 valence electrons. The van der Waals surface area contributed by atoms with E-state index in [1.807, 2.05) is 47.4 Å². The Morgan fingerprint density at radius 1 is 1.16 bits per heavy atom. The first-order valence-electron chi connectivity index (χ1n) is 7.89. The average molecular weight is 364 g/mol. The molecule has 1 aliphatic rings. The lowest BCUT2D eigenvalue weighted by atomic mass is 9.87. The minimum absolute atomic E-state index is 0. The maximum absolute atomic E-state index is 11.3. The van der Waals surface area contributed by atoms with Gasteiger partial charge in [-0.1, -0.05) is 30.3 Å². The van der Waals surface area contributed by atoms with Crippen LogP contribution in [0.1, 0.15) is 22.7 Å². The molecular formula is C19H22ClNO4. The first-order chi connectivity index (χ1) is 11.6.